The first-order chi connectivity index (χ1) is 10.2. The molecule has 0 aromatic rings. The van der Waals surface area contributed by atoms with Crippen molar-refractivity contribution >= 4 is 21.9 Å². The molecule has 0 radical (unpaired) electrons. The number of carbonyl (C=O) groups is 1. The Hall–Kier alpha value is -0.0500. The number of esters is 1. The van der Waals surface area contributed by atoms with Crippen LogP contribution in [0.3, 0.4) is 0 Å². The maximum absolute atomic E-state index is 10.1. The van der Waals surface area contributed by atoms with Crippen LogP contribution in [0.15, 0.2) is 0 Å². The van der Waals surface area contributed by atoms with Gasteiger partial charge in [-0.3, -0.25) is 4.79 Å². The lowest BCUT2D eigenvalue weighted by Gasteiger charge is -2.69. The summed E-state index contributed by atoms with van der Waals surface area (Å²) in [5, 5.41) is 0.292. The van der Waals surface area contributed by atoms with E-state index in [1.807, 2.05) is 0 Å². The van der Waals surface area contributed by atoms with Crippen molar-refractivity contribution in [3.63, 3.8) is 0 Å². The fourth-order valence-electron chi connectivity index (χ4n) is 7.09. The van der Waals surface area contributed by atoms with Crippen molar-refractivity contribution in [3.05, 3.63) is 0 Å². The number of alkyl halides is 1. The number of hydrogen-bond acceptors (Lipinski definition) is 2. The Morgan fingerprint density at radius 2 is 1.19 bits per heavy atom. The second-order valence-electron chi connectivity index (χ2n) is 8.07. The summed E-state index contributed by atoms with van der Waals surface area (Å²) in [7, 11) is 0. The average molecular weight is 355 g/mol. The summed E-state index contributed by atoms with van der Waals surface area (Å²) in [6, 6.07) is 0. The van der Waals surface area contributed by atoms with Crippen LogP contribution >= 0.6 is 15.9 Å². The van der Waals surface area contributed by atoms with Crippen LogP contribution in [0, 0.1) is 47.3 Å². The first kappa shape index (κ1) is 14.5. The normalized spacial score (nSPS) is 50.8. The van der Waals surface area contributed by atoms with E-state index in [0.29, 0.717) is 11.9 Å². The maximum atomic E-state index is 10.1. The lowest BCUT2D eigenvalue weighted by atomic mass is 9.36. The second-order valence-corrected chi connectivity index (χ2v) is 8.63. The van der Waals surface area contributed by atoms with E-state index in [-0.39, 0.29) is 5.97 Å². The molecular weight excluding hydrogens is 328 g/mol. The summed E-state index contributed by atoms with van der Waals surface area (Å²) >= 11 is 2.94. The molecule has 0 unspecified atom stereocenters. The zero-order chi connectivity index (χ0) is 14.6. The van der Waals surface area contributed by atoms with Gasteiger partial charge in [-0.15, -0.1) is 0 Å². The molecule has 0 aliphatic heterocycles. The molecule has 118 valence electrons. The fraction of sp³-hybridized carbons (Fsp3) is 0.944. The Labute approximate surface area is 136 Å². The number of carbonyl (C=O) groups excluding carboxylic acids is 1. The van der Waals surface area contributed by atoms with Gasteiger partial charge in [-0.2, -0.15) is 0 Å². The van der Waals surface area contributed by atoms with Gasteiger partial charge in [0.2, 0.25) is 0 Å². The molecule has 8 bridgehead atoms. The Morgan fingerprint density at radius 3 is 1.38 bits per heavy atom. The summed E-state index contributed by atoms with van der Waals surface area (Å²) in [4.78, 5) is 10.1. The Balaban J connectivity index is 0.000000144. The summed E-state index contributed by atoms with van der Waals surface area (Å²) < 4.78 is 4.51. The molecule has 2 nitrogen and oxygen atoms in total. The van der Waals surface area contributed by atoms with Gasteiger partial charge in [0.1, 0.15) is 5.33 Å². The van der Waals surface area contributed by atoms with Crippen molar-refractivity contribution in [3.8, 4) is 0 Å². The van der Waals surface area contributed by atoms with E-state index in [9.17, 15) is 4.79 Å². The monoisotopic (exact) mass is 354 g/mol. The average Bonchev–Trinajstić information content (AvgIpc) is 2.52. The van der Waals surface area contributed by atoms with Crippen molar-refractivity contribution < 1.29 is 9.53 Å². The molecule has 3 heteroatoms. The van der Waals surface area contributed by atoms with Gasteiger partial charge in [-0.25, -0.2) is 0 Å². The third kappa shape index (κ3) is 2.29. The molecule has 0 atom stereocenters. The van der Waals surface area contributed by atoms with E-state index < -0.39 is 0 Å². The standard InChI is InChI=1S/C14H20.C4H7BrO2/c1-7-2-12-10-4-8-5-11(9(1)10)13(3-7)14(12)6-8;1-2-7-4(6)3-5/h7-14H,1-6H2;2-3H2,1H3. The highest BCUT2D eigenvalue weighted by molar-refractivity contribution is 9.09. The van der Waals surface area contributed by atoms with E-state index >= 15 is 0 Å². The second kappa shape index (κ2) is 5.54. The zero-order valence-corrected chi connectivity index (χ0v) is 14.6. The molecule has 7 aliphatic carbocycles. The molecular formula is C18H27BrO2. The quantitative estimate of drug-likeness (QED) is 0.546. The van der Waals surface area contributed by atoms with Crippen molar-refractivity contribution in [1.82, 2.24) is 0 Å². The Kier molecular flexibility index (Phi) is 3.84. The topological polar surface area (TPSA) is 26.3 Å². The number of ether oxygens (including phenoxy) is 1. The van der Waals surface area contributed by atoms with Crippen LogP contribution in [0.1, 0.15) is 45.4 Å². The van der Waals surface area contributed by atoms with Crippen LogP contribution in [0.25, 0.3) is 0 Å². The Morgan fingerprint density at radius 1 is 0.857 bits per heavy atom. The van der Waals surface area contributed by atoms with Crippen molar-refractivity contribution in [2.75, 3.05) is 11.9 Å². The predicted octanol–water partition coefficient (Wildman–Crippen LogP) is 4.27. The van der Waals surface area contributed by atoms with Gasteiger partial charge >= 0.3 is 5.97 Å². The third-order valence-corrected chi connectivity index (χ3v) is 7.80. The Bertz CT molecular complexity index is 334. The predicted molar refractivity (Wildman–Crippen MR) is 86.0 cm³/mol. The van der Waals surface area contributed by atoms with Crippen molar-refractivity contribution in [2.24, 2.45) is 47.3 Å². The smallest absolute Gasteiger partial charge is 0.316 e. The number of rotatable bonds is 2. The van der Waals surface area contributed by atoms with E-state index in [4.69, 9.17) is 0 Å². The summed E-state index contributed by atoms with van der Waals surface area (Å²) in [5.74, 6) is 9.53. The van der Waals surface area contributed by atoms with E-state index in [0.717, 1.165) is 0 Å². The van der Waals surface area contributed by atoms with Gasteiger partial charge in [0.05, 0.1) is 6.61 Å². The van der Waals surface area contributed by atoms with Gasteiger partial charge in [0.25, 0.3) is 0 Å². The van der Waals surface area contributed by atoms with Gasteiger partial charge in [-0.05, 0) is 92.8 Å². The zero-order valence-electron chi connectivity index (χ0n) is 13.0. The highest BCUT2D eigenvalue weighted by Crippen LogP contribution is 2.71. The number of halogens is 1. The molecule has 0 spiro atoms. The third-order valence-electron chi connectivity index (χ3n) is 7.35. The minimum atomic E-state index is -0.206. The van der Waals surface area contributed by atoms with Crippen molar-refractivity contribution in [1.29, 1.82) is 0 Å². The van der Waals surface area contributed by atoms with Crippen LogP contribution in [0.2, 0.25) is 0 Å². The summed E-state index contributed by atoms with van der Waals surface area (Å²) in [6.45, 7) is 2.24. The molecule has 0 heterocycles. The molecule has 21 heavy (non-hydrogen) atoms. The van der Waals surface area contributed by atoms with Gasteiger partial charge in [0, 0.05) is 0 Å². The highest BCUT2D eigenvalue weighted by Gasteiger charge is 2.63. The lowest BCUT2D eigenvalue weighted by molar-refractivity contribution is -0.202. The van der Waals surface area contributed by atoms with Crippen LogP contribution < -0.4 is 0 Å². The first-order valence-corrected chi connectivity index (χ1v) is 10.0. The molecule has 0 amide bonds. The van der Waals surface area contributed by atoms with Gasteiger partial charge in [0.15, 0.2) is 0 Å². The largest absolute Gasteiger partial charge is 0.465 e. The van der Waals surface area contributed by atoms with Gasteiger partial charge < -0.3 is 4.74 Å². The molecule has 7 aliphatic rings. The molecule has 7 saturated carbocycles. The van der Waals surface area contributed by atoms with Crippen molar-refractivity contribution in [2.45, 2.75) is 45.4 Å². The maximum Gasteiger partial charge on any atom is 0.316 e. The molecule has 0 aromatic heterocycles. The van der Waals surface area contributed by atoms with E-state index in [1.54, 1.807) is 45.4 Å². The lowest BCUT2D eigenvalue weighted by Crippen LogP contribution is -2.62. The molecule has 0 aromatic carbocycles. The molecule has 7 fully saturated rings. The van der Waals surface area contributed by atoms with Crippen LogP contribution in [-0.4, -0.2) is 17.9 Å². The SMILES string of the molecule is C1C2CC3C4CC5CC(C14)C(C2)C3C5.CCOC(=O)CBr. The molecule has 0 N–H and O–H groups in total. The number of hydrogen-bond donors (Lipinski definition) is 0. The summed E-state index contributed by atoms with van der Waals surface area (Å²) in [5.41, 5.74) is 0. The van der Waals surface area contributed by atoms with Crippen LogP contribution in [0.4, 0.5) is 0 Å². The summed E-state index contributed by atoms with van der Waals surface area (Å²) in [6.07, 6.45) is 9.93. The molecule has 0 saturated heterocycles. The first-order valence-electron chi connectivity index (χ1n) is 8.92. The highest BCUT2D eigenvalue weighted by atomic mass is 79.9. The van der Waals surface area contributed by atoms with Crippen LogP contribution in [-0.2, 0) is 9.53 Å². The molecule has 7 rings (SSSR count). The minimum Gasteiger partial charge on any atom is -0.465 e. The van der Waals surface area contributed by atoms with Gasteiger partial charge in [-0.1, -0.05) is 15.9 Å². The van der Waals surface area contributed by atoms with E-state index in [2.05, 4.69) is 20.7 Å². The van der Waals surface area contributed by atoms with E-state index in [1.165, 1.54) is 47.3 Å². The van der Waals surface area contributed by atoms with Crippen LogP contribution in [0.5, 0.6) is 0 Å². The fourth-order valence-corrected chi connectivity index (χ4v) is 7.25. The minimum absolute atomic E-state index is 0.206.